The van der Waals surface area contributed by atoms with Gasteiger partial charge in [-0.25, -0.2) is 8.78 Å². The number of halogens is 3. The van der Waals surface area contributed by atoms with Gasteiger partial charge in [0, 0.05) is 43.6 Å². The minimum Gasteiger partial charge on any atom is -0.510 e. The van der Waals surface area contributed by atoms with Gasteiger partial charge in [-0.05, 0) is 25.3 Å². The summed E-state index contributed by atoms with van der Waals surface area (Å²) in [7, 11) is 0. The quantitative estimate of drug-likeness (QED) is 0.596. The lowest BCUT2D eigenvalue weighted by Crippen LogP contribution is -2.60. The molecule has 32 heavy (non-hydrogen) atoms. The Kier molecular flexibility index (Phi) is 4.94. The maximum Gasteiger partial charge on any atom is 0.274 e. The van der Waals surface area contributed by atoms with Crippen molar-refractivity contribution < 1.29 is 28.6 Å². The smallest absolute Gasteiger partial charge is 0.274 e. The van der Waals surface area contributed by atoms with Crippen molar-refractivity contribution in [3.63, 3.8) is 0 Å². The van der Waals surface area contributed by atoms with Gasteiger partial charge >= 0.3 is 0 Å². The van der Waals surface area contributed by atoms with Crippen LogP contribution in [0, 0.1) is 11.6 Å². The molecule has 2 bridgehead atoms. The molecule has 3 N–H and O–H groups in total. The van der Waals surface area contributed by atoms with E-state index in [1.807, 2.05) is 0 Å². The van der Waals surface area contributed by atoms with Crippen LogP contribution in [-0.4, -0.2) is 56.6 Å². The second-order valence-electron chi connectivity index (χ2n) is 8.82. The normalized spacial score (nSPS) is 27.0. The highest BCUT2D eigenvalue weighted by Crippen LogP contribution is 2.51. The summed E-state index contributed by atoms with van der Waals surface area (Å²) in [6.45, 7) is 0.767. The van der Waals surface area contributed by atoms with Gasteiger partial charge in [0.2, 0.25) is 5.91 Å². The third-order valence-corrected chi connectivity index (χ3v) is 7.22. The number of nitrogens with one attached hydrogen (secondary N) is 1. The zero-order chi connectivity index (χ0) is 22.8. The number of aliphatic hydroxyl groups is 2. The van der Waals surface area contributed by atoms with Crippen LogP contribution in [0.2, 0.25) is 5.02 Å². The highest BCUT2D eigenvalue weighted by Gasteiger charge is 2.58. The van der Waals surface area contributed by atoms with E-state index in [2.05, 4.69) is 5.32 Å². The second kappa shape index (κ2) is 7.45. The summed E-state index contributed by atoms with van der Waals surface area (Å²) in [5, 5.41) is 23.6. The van der Waals surface area contributed by atoms with Crippen molar-refractivity contribution in [3.05, 3.63) is 57.1 Å². The van der Waals surface area contributed by atoms with E-state index in [-0.39, 0.29) is 41.5 Å². The average Bonchev–Trinajstić information content (AvgIpc) is 2.92. The van der Waals surface area contributed by atoms with E-state index in [0.717, 1.165) is 25.3 Å². The summed E-state index contributed by atoms with van der Waals surface area (Å²) in [6.07, 6.45) is 1.59. The summed E-state index contributed by atoms with van der Waals surface area (Å²) >= 11 is 5.60. The Hall–Kier alpha value is -2.65. The number of rotatable bonds is 3. The molecule has 0 unspecified atom stereocenters. The van der Waals surface area contributed by atoms with Gasteiger partial charge in [0.1, 0.15) is 28.1 Å². The Morgan fingerprint density at radius 3 is 2.88 bits per heavy atom. The monoisotopic (exact) mass is 465 g/mol. The molecule has 0 aliphatic carbocycles. The lowest BCUT2D eigenvalue weighted by molar-refractivity contribution is -0.135. The summed E-state index contributed by atoms with van der Waals surface area (Å²) in [4.78, 5) is 29.5. The molecule has 170 valence electrons. The number of nitrogens with zero attached hydrogens (tertiary/aromatic N) is 2. The number of amides is 2. The molecular weight excluding hydrogens is 444 g/mol. The largest absolute Gasteiger partial charge is 0.510 e. The minimum absolute atomic E-state index is 0.00242. The van der Waals surface area contributed by atoms with Gasteiger partial charge in [-0.15, -0.1) is 0 Å². The summed E-state index contributed by atoms with van der Waals surface area (Å²) < 4.78 is 27.6. The maximum atomic E-state index is 14.2. The Labute approximate surface area is 187 Å². The van der Waals surface area contributed by atoms with Crippen molar-refractivity contribution in [1.29, 1.82) is 0 Å². The number of aliphatic hydroxyl groups excluding tert-OH is 2. The van der Waals surface area contributed by atoms with E-state index < -0.39 is 34.2 Å². The van der Waals surface area contributed by atoms with Crippen LogP contribution in [0.3, 0.4) is 0 Å². The summed E-state index contributed by atoms with van der Waals surface area (Å²) in [6, 6.07) is 2.20. The average molecular weight is 466 g/mol. The van der Waals surface area contributed by atoms with E-state index in [1.165, 1.54) is 6.07 Å². The predicted molar refractivity (Wildman–Crippen MR) is 110 cm³/mol. The first-order valence-corrected chi connectivity index (χ1v) is 10.9. The summed E-state index contributed by atoms with van der Waals surface area (Å²) in [5.74, 6) is -2.98. The molecule has 0 saturated carbocycles. The van der Waals surface area contributed by atoms with Crippen molar-refractivity contribution in [1.82, 2.24) is 15.1 Å². The molecule has 3 fully saturated rings. The number of hydrogen-bond acceptors (Lipinski definition) is 5. The van der Waals surface area contributed by atoms with Crippen LogP contribution in [0.25, 0.3) is 0 Å². The van der Waals surface area contributed by atoms with Gasteiger partial charge in [-0.2, -0.15) is 0 Å². The van der Waals surface area contributed by atoms with Crippen molar-refractivity contribution in [3.8, 4) is 0 Å². The molecule has 4 aliphatic heterocycles. The molecule has 5 rings (SSSR count). The molecule has 0 aromatic heterocycles. The first kappa shape index (κ1) is 21.2. The molecule has 4 aliphatic rings. The molecule has 0 radical (unpaired) electrons. The fraction of sp³-hybridized carbons (Fsp3) is 0.455. The standard InChI is InChI=1S/C22H22ClF2N3O4/c23-16-13(24)4-3-11(17(16)25)9-26-20(31)12-7-14(29)19-21(32)27-6-2-1-5-22(10-27)8-15(30)18(12)28(19)22/h3-4,15,29-30H,1-2,5-10H2,(H,26,31)/t15-,22+/m0/s1. The Bertz CT molecular complexity index is 1100. The van der Waals surface area contributed by atoms with Gasteiger partial charge in [-0.1, -0.05) is 17.7 Å². The lowest BCUT2D eigenvalue weighted by Gasteiger charge is -2.49. The molecule has 3 saturated heterocycles. The highest BCUT2D eigenvalue weighted by molar-refractivity contribution is 6.30. The zero-order valence-corrected chi connectivity index (χ0v) is 17.9. The van der Waals surface area contributed by atoms with Gasteiger partial charge in [-0.3, -0.25) is 9.59 Å². The molecule has 1 spiro atoms. The van der Waals surface area contributed by atoms with Gasteiger partial charge in [0.05, 0.1) is 17.3 Å². The number of hydrogen-bond donors (Lipinski definition) is 3. The van der Waals surface area contributed by atoms with E-state index in [1.54, 1.807) is 9.80 Å². The van der Waals surface area contributed by atoms with Crippen molar-refractivity contribution in [2.45, 2.75) is 50.3 Å². The Balaban J connectivity index is 1.48. The van der Waals surface area contributed by atoms with E-state index in [4.69, 9.17) is 11.6 Å². The van der Waals surface area contributed by atoms with Crippen LogP contribution in [0.1, 0.15) is 37.7 Å². The molecule has 1 aromatic rings. The zero-order valence-electron chi connectivity index (χ0n) is 17.1. The molecule has 10 heteroatoms. The van der Waals surface area contributed by atoms with E-state index in [0.29, 0.717) is 25.2 Å². The van der Waals surface area contributed by atoms with Crippen LogP contribution >= 0.6 is 11.6 Å². The number of allylic oxidation sites excluding steroid dienone is 1. The van der Waals surface area contributed by atoms with Gasteiger partial charge < -0.3 is 25.3 Å². The Morgan fingerprint density at radius 2 is 2.09 bits per heavy atom. The molecule has 2 amide bonds. The topological polar surface area (TPSA) is 93.1 Å². The minimum atomic E-state index is -0.971. The van der Waals surface area contributed by atoms with Crippen LogP contribution in [0.5, 0.6) is 0 Å². The number of benzene rings is 1. The summed E-state index contributed by atoms with van der Waals surface area (Å²) in [5.41, 5.74) is 0.0307. The SMILES string of the molecule is O=C(NCc1ccc(F)c(Cl)c1F)C1=C2[C@@H](O)C[C@]34CCCCN(C3)C(=O)C(=C(O)C1)N24. The van der Waals surface area contributed by atoms with Crippen LogP contribution in [-0.2, 0) is 16.1 Å². The second-order valence-corrected chi connectivity index (χ2v) is 9.19. The van der Waals surface area contributed by atoms with Crippen molar-refractivity contribution in [2.24, 2.45) is 0 Å². The fourth-order valence-corrected chi connectivity index (χ4v) is 5.64. The fourth-order valence-electron chi connectivity index (χ4n) is 5.46. The van der Waals surface area contributed by atoms with E-state index >= 15 is 0 Å². The number of carbonyl (C=O) groups excluding carboxylic acids is 2. The molecule has 2 atom stereocenters. The molecule has 1 aromatic carbocycles. The molecule has 7 nitrogen and oxygen atoms in total. The van der Waals surface area contributed by atoms with Crippen molar-refractivity contribution in [2.75, 3.05) is 13.1 Å². The first-order valence-electron chi connectivity index (χ1n) is 10.6. The van der Waals surface area contributed by atoms with Crippen LogP contribution in [0.4, 0.5) is 8.78 Å². The van der Waals surface area contributed by atoms with Gasteiger partial charge in [0.15, 0.2) is 0 Å². The predicted octanol–water partition coefficient (Wildman–Crippen LogP) is 2.49. The first-order chi connectivity index (χ1) is 15.2. The van der Waals surface area contributed by atoms with E-state index in [9.17, 15) is 28.6 Å². The number of fused-ring (bicyclic) bond motifs is 1. The lowest BCUT2D eigenvalue weighted by atomic mass is 9.87. The highest BCUT2D eigenvalue weighted by atomic mass is 35.5. The number of carbonyl (C=O) groups is 2. The maximum absolute atomic E-state index is 14.2. The number of piperazine rings is 1. The third kappa shape index (κ3) is 3.02. The van der Waals surface area contributed by atoms with Crippen LogP contribution in [0.15, 0.2) is 34.9 Å². The van der Waals surface area contributed by atoms with Gasteiger partial charge in [0.25, 0.3) is 5.91 Å². The van der Waals surface area contributed by atoms with Crippen molar-refractivity contribution >= 4 is 23.4 Å². The molecular formula is C22H22ClF2N3O4. The molecule has 4 heterocycles. The van der Waals surface area contributed by atoms with Crippen LogP contribution < -0.4 is 5.32 Å². The third-order valence-electron chi connectivity index (χ3n) is 6.88. The Morgan fingerprint density at radius 1 is 1.31 bits per heavy atom.